The Morgan fingerprint density at radius 2 is 2.05 bits per heavy atom. The van der Waals surface area contributed by atoms with Gasteiger partial charge in [-0.25, -0.2) is 4.68 Å². The molecule has 2 atom stereocenters. The molecule has 2 aromatic rings. The summed E-state index contributed by atoms with van der Waals surface area (Å²) in [5.74, 6) is 0.934. The largest absolute Gasteiger partial charge is 0.496 e. The molecule has 1 aromatic heterocycles. The Kier molecular flexibility index (Phi) is 3.27. The summed E-state index contributed by atoms with van der Waals surface area (Å²) < 4.78 is 46.0. The maximum absolute atomic E-state index is 13.2. The number of hydrogen-bond acceptors (Lipinski definition) is 3. The van der Waals surface area contributed by atoms with E-state index in [4.69, 9.17) is 4.74 Å². The van der Waals surface area contributed by atoms with Crippen LogP contribution in [0, 0.1) is 0 Å². The summed E-state index contributed by atoms with van der Waals surface area (Å²) in [5, 5.41) is 6.87. The number of methoxy groups -OCH3 is 1. The number of fused-ring (bicyclic) bond motifs is 1. The molecule has 7 heteroatoms. The molecule has 3 rings (SSSR count). The first-order valence-corrected chi connectivity index (χ1v) is 6.50. The summed E-state index contributed by atoms with van der Waals surface area (Å²) in [5.41, 5.74) is 0.710. The van der Waals surface area contributed by atoms with E-state index < -0.39 is 18.3 Å². The van der Waals surface area contributed by atoms with Gasteiger partial charge in [-0.1, -0.05) is 18.2 Å². The fourth-order valence-corrected chi connectivity index (χ4v) is 2.67. The van der Waals surface area contributed by atoms with Crippen LogP contribution in [0.3, 0.4) is 0 Å². The van der Waals surface area contributed by atoms with Crippen molar-refractivity contribution in [2.75, 3.05) is 12.4 Å². The predicted molar refractivity (Wildman–Crippen MR) is 71.3 cm³/mol. The van der Waals surface area contributed by atoms with Crippen LogP contribution in [0.1, 0.15) is 24.1 Å². The lowest BCUT2D eigenvalue weighted by molar-refractivity contribution is -0.173. The number of rotatable bonds is 2. The SMILES string of the molecule is COc1ccccc1[C@H]1C[C@@H](C(F)(F)F)n2nccc2N1. The molecule has 0 saturated heterocycles. The van der Waals surface area contributed by atoms with Crippen molar-refractivity contribution in [3.8, 4) is 5.75 Å². The van der Waals surface area contributed by atoms with E-state index in [1.165, 1.54) is 13.3 Å². The van der Waals surface area contributed by atoms with Crippen molar-refractivity contribution in [3.63, 3.8) is 0 Å². The third kappa shape index (κ3) is 2.43. The fourth-order valence-electron chi connectivity index (χ4n) is 2.67. The summed E-state index contributed by atoms with van der Waals surface area (Å²) in [6.07, 6.45) is -3.10. The average molecular weight is 297 g/mol. The molecule has 1 aromatic carbocycles. The molecule has 0 radical (unpaired) electrons. The van der Waals surface area contributed by atoms with E-state index in [0.717, 1.165) is 4.68 Å². The standard InChI is InChI=1S/C14H14F3N3O/c1-21-11-5-3-2-4-9(11)10-8-12(14(15,16)17)20-13(19-10)6-7-18-20/h2-7,10,12,19H,8H2,1H3/t10-,12+/m1/s1. The fraction of sp³-hybridized carbons (Fsp3) is 0.357. The zero-order valence-electron chi connectivity index (χ0n) is 11.3. The van der Waals surface area contributed by atoms with Gasteiger partial charge in [0.15, 0.2) is 6.04 Å². The number of alkyl halides is 3. The van der Waals surface area contributed by atoms with Crippen LogP contribution in [0.15, 0.2) is 36.5 Å². The first-order chi connectivity index (χ1) is 10.0. The van der Waals surface area contributed by atoms with Crippen LogP contribution < -0.4 is 10.1 Å². The van der Waals surface area contributed by atoms with Gasteiger partial charge in [0, 0.05) is 18.1 Å². The molecule has 21 heavy (non-hydrogen) atoms. The number of hydrogen-bond donors (Lipinski definition) is 1. The zero-order valence-corrected chi connectivity index (χ0v) is 11.3. The topological polar surface area (TPSA) is 39.1 Å². The van der Waals surface area contributed by atoms with Gasteiger partial charge in [-0.2, -0.15) is 18.3 Å². The van der Waals surface area contributed by atoms with Crippen molar-refractivity contribution in [1.82, 2.24) is 9.78 Å². The van der Waals surface area contributed by atoms with Crippen molar-refractivity contribution in [1.29, 1.82) is 0 Å². The first kappa shape index (κ1) is 13.8. The lowest BCUT2D eigenvalue weighted by Gasteiger charge is -2.34. The molecule has 112 valence electrons. The van der Waals surface area contributed by atoms with Gasteiger partial charge in [-0.05, 0) is 6.07 Å². The summed E-state index contributed by atoms with van der Waals surface area (Å²) >= 11 is 0. The molecule has 1 aliphatic rings. The highest BCUT2D eigenvalue weighted by molar-refractivity contribution is 5.45. The molecule has 1 aliphatic heterocycles. The third-order valence-corrected chi connectivity index (χ3v) is 3.64. The maximum Gasteiger partial charge on any atom is 0.410 e. The minimum Gasteiger partial charge on any atom is -0.496 e. The molecule has 1 N–H and O–H groups in total. The van der Waals surface area contributed by atoms with Gasteiger partial charge in [0.25, 0.3) is 0 Å². The highest BCUT2D eigenvalue weighted by atomic mass is 19.4. The molecule has 0 aliphatic carbocycles. The molecule has 0 spiro atoms. The minimum atomic E-state index is -4.34. The summed E-state index contributed by atoms with van der Waals surface area (Å²) in [7, 11) is 1.51. The second kappa shape index (κ2) is 4.98. The Bertz CT molecular complexity index is 638. The van der Waals surface area contributed by atoms with Gasteiger partial charge in [0.2, 0.25) is 0 Å². The van der Waals surface area contributed by atoms with E-state index >= 15 is 0 Å². The molecule has 0 amide bonds. The number of aromatic nitrogens is 2. The lowest BCUT2D eigenvalue weighted by atomic mass is 9.96. The molecule has 0 bridgehead atoms. The number of anilines is 1. The normalized spacial score (nSPS) is 21.5. The Hall–Kier alpha value is -2.18. The average Bonchev–Trinajstić information content (AvgIpc) is 2.93. The number of nitrogens with zero attached hydrogens (tertiary/aromatic N) is 2. The first-order valence-electron chi connectivity index (χ1n) is 6.50. The second-order valence-corrected chi connectivity index (χ2v) is 4.89. The van der Waals surface area contributed by atoms with E-state index in [1.54, 1.807) is 30.3 Å². The van der Waals surface area contributed by atoms with Gasteiger partial charge in [-0.15, -0.1) is 0 Å². The molecule has 4 nitrogen and oxygen atoms in total. The lowest BCUT2D eigenvalue weighted by Crippen LogP contribution is -2.35. The van der Waals surface area contributed by atoms with Gasteiger partial charge in [0.05, 0.1) is 19.3 Å². The van der Waals surface area contributed by atoms with Crippen molar-refractivity contribution in [3.05, 3.63) is 42.1 Å². The second-order valence-electron chi connectivity index (χ2n) is 4.89. The van der Waals surface area contributed by atoms with Crippen LogP contribution in [0.2, 0.25) is 0 Å². The number of ether oxygens (including phenoxy) is 1. The molecular weight excluding hydrogens is 283 g/mol. The Balaban J connectivity index is 2.00. The summed E-state index contributed by atoms with van der Waals surface area (Å²) in [6.45, 7) is 0. The van der Waals surface area contributed by atoms with E-state index in [-0.39, 0.29) is 6.42 Å². The van der Waals surface area contributed by atoms with Crippen LogP contribution in [0.25, 0.3) is 0 Å². The van der Waals surface area contributed by atoms with Crippen LogP contribution in [-0.2, 0) is 0 Å². The van der Waals surface area contributed by atoms with Gasteiger partial charge >= 0.3 is 6.18 Å². The highest BCUT2D eigenvalue weighted by Gasteiger charge is 2.46. The zero-order chi connectivity index (χ0) is 15.0. The molecule has 0 saturated carbocycles. The molecule has 0 fully saturated rings. The molecule has 0 unspecified atom stereocenters. The quantitative estimate of drug-likeness (QED) is 0.921. The maximum atomic E-state index is 13.2. The van der Waals surface area contributed by atoms with Gasteiger partial charge < -0.3 is 10.1 Å². The highest BCUT2D eigenvalue weighted by Crippen LogP contribution is 2.44. The van der Waals surface area contributed by atoms with Crippen LogP contribution in [0.5, 0.6) is 5.75 Å². The van der Waals surface area contributed by atoms with Gasteiger partial charge in [-0.3, -0.25) is 0 Å². The Morgan fingerprint density at radius 1 is 1.29 bits per heavy atom. The van der Waals surface area contributed by atoms with Crippen LogP contribution >= 0.6 is 0 Å². The minimum absolute atomic E-state index is 0.126. The van der Waals surface area contributed by atoms with Crippen molar-refractivity contribution in [2.24, 2.45) is 0 Å². The van der Waals surface area contributed by atoms with Crippen molar-refractivity contribution < 1.29 is 17.9 Å². The van der Waals surface area contributed by atoms with Crippen LogP contribution in [-0.4, -0.2) is 23.1 Å². The number of halogens is 3. The monoisotopic (exact) mass is 297 g/mol. The molecule has 2 heterocycles. The van der Waals surface area contributed by atoms with Crippen molar-refractivity contribution >= 4 is 5.82 Å². The third-order valence-electron chi connectivity index (χ3n) is 3.64. The van der Waals surface area contributed by atoms with Crippen molar-refractivity contribution in [2.45, 2.75) is 24.7 Å². The summed E-state index contributed by atoms with van der Waals surface area (Å²) in [4.78, 5) is 0. The smallest absolute Gasteiger partial charge is 0.410 e. The predicted octanol–water partition coefficient (Wildman–Crippen LogP) is 3.55. The molecular formula is C14H14F3N3O. The number of nitrogens with one attached hydrogen (secondary N) is 1. The van der Waals surface area contributed by atoms with Crippen LogP contribution in [0.4, 0.5) is 19.0 Å². The van der Waals surface area contributed by atoms with E-state index in [0.29, 0.717) is 17.1 Å². The van der Waals surface area contributed by atoms with E-state index in [2.05, 4.69) is 10.4 Å². The number of benzene rings is 1. The summed E-state index contributed by atoms with van der Waals surface area (Å²) in [6, 6.07) is 6.52. The van der Waals surface area contributed by atoms with E-state index in [1.807, 2.05) is 0 Å². The van der Waals surface area contributed by atoms with Gasteiger partial charge in [0.1, 0.15) is 11.6 Å². The Labute approximate surface area is 119 Å². The number of para-hydroxylation sites is 1. The Morgan fingerprint density at radius 3 is 2.76 bits per heavy atom. The van der Waals surface area contributed by atoms with E-state index in [9.17, 15) is 13.2 Å².